The highest BCUT2D eigenvalue weighted by Gasteiger charge is 2.29. The maximum atomic E-state index is 12.2. The van der Waals surface area contributed by atoms with E-state index < -0.39 is 11.8 Å². The molecule has 0 atom stereocenters. The zero-order valence-corrected chi connectivity index (χ0v) is 16.8. The van der Waals surface area contributed by atoms with Gasteiger partial charge in [-0.15, -0.1) is 0 Å². The lowest BCUT2D eigenvalue weighted by Gasteiger charge is -2.10. The summed E-state index contributed by atoms with van der Waals surface area (Å²) in [5.41, 5.74) is 6.11. The second-order valence-corrected chi connectivity index (χ2v) is 7.18. The highest BCUT2D eigenvalue weighted by Crippen LogP contribution is 2.30. The number of carbonyl (C=O) groups is 3. The lowest BCUT2D eigenvalue weighted by Crippen LogP contribution is -2.41. The van der Waals surface area contributed by atoms with Crippen molar-refractivity contribution in [3.63, 3.8) is 0 Å². The fourth-order valence-electron chi connectivity index (χ4n) is 2.47. The molecule has 146 valence electrons. The molecule has 2 aromatic rings. The molecule has 1 aliphatic carbocycles. The smallest absolute Gasteiger partial charge is 0.269 e. The number of halogens is 1. The molecular formula is C20H20BrN3O4. The summed E-state index contributed by atoms with van der Waals surface area (Å²) in [5, 5.41) is 2.81. The van der Waals surface area contributed by atoms with Gasteiger partial charge in [0.1, 0.15) is 5.75 Å². The Labute approximate surface area is 170 Å². The van der Waals surface area contributed by atoms with Crippen molar-refractivity contribution < 1.29 is 19.1 Å². The van der Waals surface area contributed by atoms with Crippen LogP contribution < -0.4 is 20.9 Å². The van der Waals surface area contributed by atoms with Gasteiger partial charge in [0.15, 0.2) is 0 Å². The largest absolute Gasteiger partial charge is 0.493 e. The molecule has 2 aromatic carbocycles. The minimum absolute atomic E-state index is 0.00554. The lowest BCUT2D eigenvalue weighted by atomic mass is 10.2. The van der Waals surface area contributed by atoms with Crippen LogP contribution in [0.2, 0.25) is 0 Å². The van der Waals surface area contributed by atoms with Crippen molar-refractivity contribution in [1.82, 2.24) is 10.9 Å². The third-order valence-corrected chi connectivity index (χ3v) is 4.77. The van der Waals surface area contributed by atoms with Crippen molar-refractivity contribution >= 4 is 39.3 Å². The molecule has 1 aliphatic rings. The number of hydrazine groups is 1. The van der Waals surface area contributed by atoms with E-state index in [1.165, 1.54) is 0 Å². The molecule has 0 unspecified atom stereocenters. The predicted molar refractivity (Wildman–Crippen MR) is 108 cm³/mol. The molecule has 7 nitrogen and oxygen atoms in total. The molecule has 0 aliphatic heterocycles. The van der Waals surface area contributed by atoms with Gasteiger partial charge in [-0.3, -0.25) is 25.2 Å². The first-order valence-corrected chi connectivity index (χ1v) is 9.71. The Bertz CT molecular complexity index is 895. The van der Waals surface area contributed by atoms with Crippen LogP contribution in [0, 0.1) is 5.92 Å². The summed E-state index contributed by atoms with van der Waals surface area (Å²) >= 11 is 3.35. The van der Waals surface area contributed by atoms with Gasteiger partial charge in [0.05, 0.1) is 11.1 Å². The predicted octanol–water partition coefficient (Wildman–Crippen LogP) is 3.27. The van der Waals surface area contributed by atoms with E-state index in [-0.39, 0.29) is 11.8 Å². The summed E-state index contributed by atoms with van der Waals surface area (Å²) in [7, 11) is 0. The van der Waals surface area contributed by atoms with E-state index in [9.17, 15) is 14.4 Å². The van der Waals surface area contributed by atoms with E-state index in [2.05, 4.69) is 32.1 Å². The third-order valence-electron chi connectivity index (χ3n) is 4.15. The number of hydrogen-bond acceptors (Lipinski definition) is 4. The molecule has 8 heteroatoms. The van der Waals surface area contributed by atoms with Gasteiger partial charge in [-0.1, -0.05) is 0 Å². The van der Waals surface area contributed by atoms with E-state index in [0.29, 0.717) is 33.6 Å². The van der Waals surface area contributed by atoms with Crippen molar-refractivity contribution in [2.75, 3.05) is 11.9 Å². The summed E-state index contributed by atoms with van der Waals surface area (Å²) in [4.78, 5) is 36.1. The Morgan fingerprint density at radius 2 is 1.61 bits per heavy atom. The van der Waals surface area contributed by atoms with Crippen molar-refractivity contribution in [2.45, 2.75) is 19.8 Å². The normalized spacial score (nSPS) is 12.8. The second-order valence-electron chi connectivity index (χ2n) is 6.33. The highest BCUT2D eigenvalue weighted by atomic mass is 79.9. The van der Waals surface area contributed by atoms with Gasteiger partial charge in [-0.2, -0.15) is 0 Å². The van der Waals surface area contributed by atoms with Crippen molar-refractivity contribution in [1.29, 1.82) is 0 Å². The summed E-state index contributed by atoms with van der Waals surface area (Å²) in [6.45, 7) is 2.39. The summed E-state index contributed by atoms with van der Waals surface area (Å²) in [6, 6.07) is 11.4. The molecular weight excluding hydrogens is 426 g/mol. The van der Waals surface area contributed by atoms with Crippen LogP contribution in [0.1, 0.15) is 40.5 Å². The molecule has 1 saturated carbocycles. The Morgan fingerprint density at radius 3 is 2.18 bits per heavy atom. The fraction of sp³-hybridized carbons (Fsp3) is 0.250. The lowest BCUT2D eigenvalue weighted by molar-refractivity contribution is -0.117. The minimum atomic E-state index is -0.460. The van der Waals surface area contributed by atoms with Gasteiger partial charge >= 0.3 is 0 Å². The average molecular weight is 446 g/mol. The standard InChI is InChI=1S/C20H20BrN3O4/c1-2-28-17-10-7-14(11-16(17)21)20(27)24-23-19(26)13-5-8-15(9-6-13)22-18(25)12-3-4-12/h5-12H,2-4H2,1H3,(H,22,25)(H,23,26)(H,24,27). The first-order valence-electron chi connectivity index (χ1n) is 8.92. The highest BCUT2D eigenvalue weighted by molar-refractivity contribution is 9.10. The number of anilines is 1. The van der Waals surface area contributed by atoms with Crippen LogP contribution >= 0.6 is 15.9 Å². The number of ether oxygens (including phenoxy) is 1. The van der Waals surface area contributed by atoms with Crippen molar-refractivity contribution in [3.05, 3.63) is 58.1 Å². The van der Waals surface area contributed by atoms with Gasteiger partial charge in [0.2, 0.25) is 5.91 Å². The quantitative estimate of drug-likeness (QED) is 0.594. The zero-order valence-electron chi connectivity index (χ0n) is 15.3. The Hall–Kier alpha value is -2.87. The monoisotopic (exact) mass is 445 g/mol. The van der Waals surface area contributed by atoms with E-state index in [1.807, 2.05) is 6.92 Å². The van der Waals surface area contributed by atoms with Gasteiger partial charge in [-0.05, 0) is 78.2 Å². The summed E-state index contributed by atoms with van der Waals surface area (Å²) in [5.74, 6) is -0.160. The molecule has 0 spiro atoms. The SMILES string of the molecule is CCOc1ccc(C(=O)NNC(=O)c2ccc(NC(=O)C3CC3)cc2)cc1Br. The molecule has 0 radical (unpaired) electrons. The molecule has 28 heavy (non-hydrogen) atoms. The van der Waals surface area contributed by atoms with Crippen molar-refractivity contribution in [3.8, 4) is 5.75 Å². The fourth-order valence-corrected chi connectivity index (χ4v) is 2.96. The summed E-state index contributed by atoms with van der Waals surface area (Å²) in [6.07, 6.45) is 1.86. The van der Waals surface area contributed by atoms with E-state index >= 15 is 0 Å². The van der Waals surface area contributed by atoms with Crippen LogP contribution in [0.3, 0.4) is 0 Å². The Balaban J connectivity index is 1.53. The molecule has 3 amide bonds. The van der Waals surface area contributed by atoms with E-state index in [4.69, 9.17) is 4.74 Å². The number of benzene rings is 2. The number of amides is 3. The molecule has 0 bridgehead atoms. The number of nitrogens with one attached hydrogen (secondary N) is 3. The van der Waals surface area contributed by atoms with Gasteiger partial charge < -0.3 is 10.1 Å². The Kier molecular flexibility index (Phi) is 6.30. The second kappa shape index (κ2) is 8.88. The van der Waals surface area contributed by atoms with Crippen LogP contribution in [-0.4, -0.2) is 24.3 Å². The van der Waals surface area contributed by atoms with Gasteiger partial charge in [0.25, 0.3) is 11.8 Å². The van der Waals surface area contributed by atoms with Crippen LogP contribution in [0.4, 0.5) is 5.69 Å². The minimum Gasteiger partial charge on any atom is -0.493 e. The molecule has 3 rings (SSSR count). The molecule has 3 N–H and O–H groups in total. The molecule has 1 fully saturated rings. The Morgan fingerprint density at radius 1 is 1.00 bits per heavy atom. The maximum Gasteiger partial charge on any atom is 0.269 e. The summed E-state index contributed by atoms with van der Waals surface area (Å²) < 4.78 is 6.05. The molecule has 0 saturated heterocycles. The molecule has 0 heterocycles. The van der Waals surface area contributed by atoms with E-state index in [0.717, 1.165) is 12.8 Å². The number of carbonyl (C=O) groups excluding carboxylic acids is 3. The number of hydrogen-bond donors (Lipinski definition) is 3. The van der Waals surface area contributed by atoms with Crippen molar-refractivity contribution in [2.24, 2.45) is 5.92 Å². The first-order chi connectivity index (χ1) is 13.5. The zero-order chi connectivity index (χ0) is 20.1. The first kappa shape index (κ1) is 19.9. The van der Waals surface area contributed by atoms with Gasteiger partial charge in [0, 0.05) is 22.7 Å². The molecule has 0 aromatic heterocycles. The van der Waals surface area contributed by atoms with E-state index in [1.54, 1.807) is 42.5 Å². The maximum absolute atomic E-state index is 12.2. The van der Waals surface area contributed by atoms with Crippen LogP contribution in [-0.2, 0) is 4.79 Å². The van der Waals surface area contributed by atoms with Crippen LogP contribution in [0.15, 0.2) is 46.9 Å². The van der Waals surface area contributed by atoms with Crippen LogP contribution in [0.5, 0.6) is 5.75 Å². The average Bonchev–Trinajstić information content (AvgIpc) is 3.53. The van der Waals surface area contributed by atoms with Crippen LogP contribution in [0.25, 0.3) is 0 Å². The third kappa shape index (κ3) is 5.10. The topological polar surface area (TPSA) is 96.5 Å². The van der Waals surface area contributed by atoms with Gasteiger partial charge in [-0.25, -0.2) is 0 Å². The number of rotatable bonds is 6.